The van der Waals surface area contributed by atoms with Gasteiger partial charge >= 0.3 is 0 Å². The Morgan fingerprint density at radius 2 is 1.79 bits per heavy atom. The molecule has 3 aromatic carbocycles. The van der Waals surface area contributed by atoms with E-state index >= 15 is 0 Å². The van der Waals surface area contributed by atoms with Crippen LogP contribution in [0.2, 0.25) is 0 Å². The van der Waals surface area contributed by atoms with Crippen LogP contribution in [0.3, 0.4) is 0 Å². The Bertz CT molecular complexity index is 2040. The number of aryl methyl sites for hydroxylation is 2. The van der Waals surface area contributed by atoms with E-state index in [0.29, 0.717) is 30.9 Å². The van der Waals surface area contributed by atoms with Crippen molar-refractivity contribution in [2.24, 2.45) is 0 Å². The van der Waals surface area contributed by atoms with Crippen molar-refractivity contribution in [3.8, 4) is 27.4 Å². The van der Waals surface area contributed by atoms with Crippen molar-refractivity contribution in [2.75, 3.05) is 25.6 Å². The van der Waals surface area contributed by atoms with Gasteiger partial charge in [0, 0.05) is 49.9 Å². The van der Waals surface area contributed by atoms with Crippen LogP contribution in [0, 0.1) is 6.92 Å². The molecule has 7 rings (SSSR count). The molecule has 0 bridgehead atoms. The minimum atomic E-state index is -0.617. The molecule has 9 nitrogen and oxygen atoms in total. The van der Waals surface area contributed by atoms with Crippen LogP contribution in [-0.2, 0) is 22.6 Å². The molecule has 0 spiro atoms. The number of amides is 3. The number of imide groups is 1. The first-order valence-corrected chi connectivity index (χ1v) is 17.1. The highest BCUT2D eigenvalue weighted by Crippen LogP contribution is 2.35. The van der Waals surface area contributed by atoms with E-state index in [9.17, 15) is 14.4 Å². The summed E-state index contributed by atoms with van der Waals surface area (Å²) in [6, 6.07) is 22.1. The maximum absolute atomic E-state index is 12.9. The fourth-order valence-electron chi connectivity index (χ4n) is 6.41. The van der Waals surface area contributed by atoms with Crippen LogP contribution in [-0.4, -0.2) is 59.3 Å². The lowest BCUT2D eigenvalue weighted by atomic mass is 10.0. The smallest absolute Gasteiger partial charge is 0.255 e. The number of pyridine rings is 1. The summed E-state index contributed by atoms with van der Waals surface area (Å²) >= 11 is 1.73. The van der Waals surface area contributed by atoms with Crippen LogP contribution in [0.5, 0.6) is 5.75 Å². The number of rotatable bonds is 10. The summed E-state index contributed by atoms with van der Waals surface area (Å²) < 4.78 is 7.22. The number of thiazole rings is 1. The van der Waals surface area contributed by atoms with Crippen molar-refractivity contribution in [2.45, 2.75) is 51.6 Å². The van der Waals surface area contributed by atoms with Crippen LogP contribution in [0.15, 0.2) is 72.9 Å². The highest BCUT2D eigenvalue weighted by atomic mass is 32.1. The fourth-order valence-corrected chi connectivity index (χ4v) is 7.53. The molecule has 1 fully saturated rings. The summed E-state index contributed by atoms with van der Waals surface area (Å²) in [5, 5.41) is 3.37. The van der Waals surface area contributed by atoms with Crippen molar-refractivity contribution in [1.82, 2.24) is 20.2 Å². The van der Waals surface area contributed by atoms with Gasteiger partial charge in [-0.1, -0.05) is 24.3 Å². The van der Waals surface area contributed by atoms with Gasteiger partial charge in [-0.3, -0.25) is 19.7 Å². The van der Waals surface area contributed by atoms with Crippen LogP contribution < -0.4 is 15.0 Å². The summed E-state index contributed by atoms with van der Waals surface area (Å²) in [4.78, 5) is 49.8. The minimum Gasteiger partial charge on any atom is -0.494 e. The van der Waals surface area contributed by atoms with Gasteiger partial charge in [-0.15, -0.1) is 11.3 Å². The number of aromatic nitrogens is 2. The van der Waals surface area contributed by atoms with Gasteiger partial charge < -0.3 is 14.5 Å². The first-order chi connectivity index (χ1) is 23.2. The van der Waals surface area contributed by atoms with E-state index in [1.165, 1.54) is 15.8 Å². The first kappa shape index (κ1) is 31.5. The molecule has 1 N–H and O–H groups in total. The van der Waals surface area contributed by atoms with Crippen molar-refractivity contribution in [1.29, 1.82) is 0 Å². The standard InChI is InChI=1S/C38H37N5O4S/c1-23-18-25(26-9-15-34(39-21-26)42(2)3)8-11-29(23)37-40-31-13-7-24(19-33(31)48-37)6-4-5-17-47-28-10-12-30-27(20-28)22-43(38(30)46)32-14-16-35(44)41-36(32)45/h7-13,15,18-21,32H,4-6,14,16-17,22H2,1-3H3,(H,41,44,45). The molecule has 2 aliphatic rings. The number of anilines is 1. The molecular weight excluding hydrogens is 623 g/mol. The Morgan fingerprint density at radius 1 is 0.958 bits per heavy atom. The Hall–Kier alpha value is -5.09. The molecular formula is C38H37N5O4S. The number of ether oxygens (including phenoxy) is 1. The number of carbonyl (C=O) groups is 3. The molecule has 10 heteroatoms. The van der Waals surface area contributed by atoms with Gasteiger partial charge in [0.1, 0.15) is 22.6 Å². The molecule has 4 heterocycles. The lowest BCUT2D eigenvalue weighted by Gasteiger charge is -2.29. The monoisotopic (exact) mass is 659 g/mol. The molecule has 3 amide bonds. The zero-order chi connectivity index (χ0) is 33.4. The molecule has 2 aromatic heterocycles. The Morgan fingerprint density at radius 3 is 2.56 bits per heavy atom. The molecule has 48 heavy (non-hydrogen) atoms. The second-order valence-corrected chi connectivity index (χ2v) is 13.7. The summed E-state index contributed by atoms with van der Waals surface area (Å²) in [5.74, 6) is 0.783. The van der Waals surface area contributed by atoms with Crippen LogP contribution >= 0.6 is 11.3 Å². The zero-order valence-corrected chi connectivity index (χ0v) is 28.1. The second-order valence-electron chi connectivity index (χ2n) is 12.7. The lowest BCUT2D eigenvalue weighted by molar-refractivity contribution is -0.136. The molecule has 0 saturated carbocycles. The molecule has 2 aliphatic heterocycles. The number of nitrogens with one attached hydrogen (secondary N) is 1. The molecule has 0 radical (unpaired) electrons. The highest BCUT2D eigenvalue weighted by molar-refractivity contribution is 7.21. The van der Waals surface area contributed by atoms with Gasteiger partial charge in [0.2, 0.25) is 11.8 Å². The Labute approximate surface area is 283 Å². The second kappa shape index (κ2) is 13.2. The normalized spacial score (nSPS) is 15.9. The first-order valence-electron chi connectivity index (χ1n) is 16.3. The quantitative estimate of drug-likeness (QED) is 0.134. The number of carbonyl (C=O) groups excluding carboxylic acids is 3. The minimum absolute atomic E-state index is 0.177. The van der Waals surface area contributed by atoms with E-state index in [2.05, 4.69) is 59.7 Å². The number of hydrogen-bond acceptors (Lipinski definition) is 8. The summed E-state index contributed by atoms with van der Waals surface area (Å²) in [7, 11) is 3.98. The third kappa shape index (κ3) is 6.40. The largest absolute Gasteiger partial charge is 0.494 e. The summed E-state index contributed by atoms with van der Waals surface area (Å²) in [6.07, 6.45) is 5.33. The predicted octanol–water partition coefficient (Wildman–Crippen LogP) is 6.56. The van der Waals surface area contributed by atoms with Crippen molar-refractivity contribution >= 4 is 45.1 Å². The highest BCUT2D eigenvalue weighted by Gasteiger charge is 2.39. The van der Waals surface area contributed by atoms with E-state index in [4.69, 9.17) is 9.72 Å². The third-order valence-corrected chi connectivity index (χ3v) is 10.1. The van der Waals surface area contributed by atoms with Crippen LogP contribution in [0.25, 0.3) is 31.9 Å². The molecule has 244 valence electrons. The van der Waals surface area contributed by atoms with E-state index in [1.54, 1.807) is 22.3 Å². The average Bonchev–Trinajstić information content (AvgIpc) is 3.64. The molecule has 0 aliphatic carbocycles. The molecule has 1 saturated heterocycles. The molecule has 1 atom stereocenters. The maximum atomic E-state index is 12.9. The van der Waals surface area contributed by atoms with Gasteiger partial charge in [-0.05, 0) is 97.3 Å². The van der Waals surface area contributed by atoms with Crippen molar-refractivity contribution < 1.29 is 19.1 Å². The summed E-state index contributed by atoms with van der Waals surface area (Å²) in [6.45, 7) is 3.05. The zero-order valence-electron chi connectivity index (χ0n) is 27.3. The topological polar surface area (TPSA) is 105 Å². The van der Waals surface area contributed by atoms with Gasteiger partial charge in [0.25, 0.3) is 5.91 Å². The van der Waals surface area contributed by atoms with E-state index < -0.39 is 11.9 Å². The predicted molar refractivity (Wildman–Crippen MR) is 188 cm³/mol. The third-order valence-electron chi connectivity index (χ3n) is 9.07. The van der Waals surface area contributed by atoms with Gasteiger partial charge in [-0.2, -0.15) is 0 Å². The van der Waals surface area contributed by atoms with Gasteiger partial charge in [0.15, 0.2) is 0 Å². The van der Waals surface area contributed by atoms with E-state index in [1.807, 2.05) is 43.4 Å². The number of benzene rings is 3. The summed E-state index contributed by atoms with van der Waals surface area (Å²) in [5.41, 5.74) is 8.30. The molecule has 5 aromatic rings. The Kier molecular flexibility index (Phi) is 8.66. The van der Waals surface area contributed by atoms with Gasteiger partial charge in [-0.25, -0.2) is 9.97 Å². The van der Waals surface area contributed by atoms with E-state index in [0.717, 1.165) is 57.9 Å². The number of fused-ring (bicyclic) bond motifs is 2. The average molecular weight is 660 g/mol. The fraction of sp³-hybridized carbons (Fsp3) is 0.289. The van der Waals surface area contributed by atoms with Gasteiger partial charge in [0.05, 0.1) is 16.8 Å². The lowest BCUT2D eigenvalue weighted by Crippen LogP contribution is -2.52. The number of unbranched alkanes of at least 4 members (excludes halogenated alkanes) is 1. The van der Waals surface area contributed by atoms with E-state index in [-0.39, 0.29) is 18.2 Å². The van der Waals surface area contributed by atoms with Crippen molar-refractivity contribution in [3.63, 3.8) is 0 Å². The van der Waals surface area contributed by atoms with Crippen molar-refractivity contribution in [3.05, 3.63) is 95.2 Å². The molecule has 1 unspecified atom stereocenters. The van der Waals surface area contributed by atoms with Crippen LogP contribution in [0.1, 0.15) is 52.7 Å². The SMILES string of the molecule is Cc1cc(-c2ccc(N(C)C)nc2)ccc1-c1nc2ccc(CCCCOc3ccc4c(c3)CN(C3CCC(=O)NC3=O)C4=O)cc2s1. The number of nitrogens with zero attached hydrogens (tertiary/aromatic N) is 4. The van der Waals surface area contributed by atoms with Crippen LogP contribution in [0.4, 0.5) is 5.82 Å². The number of hydrogen-bond donors (Lipinski definition) is 1. The Balaban J connectivity index is 0.925. The maximum Gasteiger partial charge on any atom is 0.255 e. The number of piperidine rings is 1.